The highest BCUT2D eigenvalue weighted by Crippen LogP contribution is 2.30. The highest BCUT2D eigenvalue weighted by Gasteiger charge is 2.36. The number of benzene rings is 2. The maximum Gasteiger partial charge on any atom is 0.266 e. The van der Waals surface area contributed by atoms with E-state index in [0.717, 1.165) is 0 Å². The summed E-state index contributed by atoms with van der Waals surface area (Å²) in [5.41, 5.74) is 2.51. The molecule has 0 saturated heterocycles. The minimum absolute atomic E-state index is 0.0359. The Balaban J connectivity index is 1.96. The van der Waals surface area contributed by atoms with Gasteiger partial charge in [0.1, 0.15) is 0 Å². The molecule has 0 spiro atoms. The van der Waals surface area contributed by atoms with Gasteiger partial charge in [-0.2, -0.15) is 0 Å². The maximum absolute atomic E-state index is 12.5. The van der Waals surface area contributed by atoms with E-state index in [0.29, 0.717) is 27.9 Å². The lowest BCUT2D eigenvalue weighted by molar-refractivity contribution is 0.0921. The van der Waals surface area contributed by atoms with Gasteiger partial charge in [-0.05, 0) is 56.7 Å². The van der Waals surface area contributed by atoms with E-state index in [9.17, 15) is 14.4 Å². The second-order valence-electron chi connectivity index (χ2n) is 6.12. The van der Waals surface area contributed by atoms with E-state index >= 15 is 0 Å². The minimum atomic E-state index is -0.335. The van der Waals surface area contributed by atoms with Crippen LogP contribution in [0.1, 0.15) is 50.5 Å². The molecule has 122 valence electrons. The van der Waals surface area contributed by atoms with Crippen molar-refractivity contribution in [2.75, 3.05) is 4.90 Å². The van der Waals surface area contributed by atoms with Crippen molar-refractivity contribution >= 4 is 23.4 Å². The van der Waals surface area contributed by atoms with Crippen LogP contribution in [0.25, 0.3) is 0 Å². The first-order valence-electron chi connectivity index (χ1n) is 7.79. The SMILES string of the molecule is Cc1cc(C(=O)NC(C)C)ccc1N1C(=O)c2ccccc2C1=O. The molecule has 2 aromatic carbocycles. The summed E-state index contributed by atoms with van der Waals surface area (Å²) >= 11 is 0. The van der Waals surface area contributed by atoms with Crippen molar-refractivity contribution in [3.05, 3.63) is 64.7 Å². The zero-order valence-electron chi connectivity index (χ0n) is 13.8. The van der Waals surface area contributed by atoms with Gasteiger partial charge in [-0.25, -0.2) is 4.90 Å². The Hall–Kier alpha value is -2.95. The van der Waals surface area contributed by atoms with Crippen molar-refractivity contribution in [1.29, 1.82) is 0 Å². The number of amides is 3. The summed E-state index contributed by atoms with van der Waals surface area (Å²) in [5.74, 6) is -0.849. The summed E-state index contributed by atoms with van der Waals surface area (Å²) in [6.45, 7) is 5.56. The lowest BCUT2D eigenvalue weighted by Gasteiger charge is -2.17. The molecule has 5 heteroatoms. The number of carbonyl (C=O) groups excluding carboxylic acids is 3. The lowest BCUT2D eigenvalue weighted by Crippen LogP contribution is -2.31. The van der Waals surface area contributed by atoms with Crippen LogP contribution in [0.2, 0.25) is 0 Å². The maximum atomic E-state index is 12.5. The van der Waals surface area contributed by atoms with Crippen LogP contribution in [0.5, 0.6) is 0 Å². The van der Waals surface area contributed by atoms with Gasteiger partial charge in [0.2, 0.25) is 0 Å². The third-order valence-electron chi connectivity index (χ3n) is 3.91. The topological polar surface area (TPSA) is 66.5 Å². The Bertz CT molecular complexity index is 820. The van der Waals surface area contributed by atoms with Crippen molar-refractivity contribution < 1.29 is 14.4 Å². The van der Waals surface area contributed by atoms with Crippen molar-refractivity contribution in [1.82, 2.24) is 5.32 Å². The number of fused-ring (bicyclic) bond motifs is 1. The van der Waals surface area contributed by atoms with Crippen LogP contribution >= 0.6 is 0 Å². The van der Waals surface area contributed by atoms with Gasteiger partial charge in [0.05, 0.1) is 16.8 Å². The summed E-state index contributed by atoms with van der Waals surface area (Å²) in [6, 6.07) is 11.8. The number of hydrogen-bond acceptors (Lipinski definition) is 3. The number of hydrogen-bond donors (Lipinski definition) is 1. The summed E-state index contributed by atoms with van der Waals surface area (Å²) in [4.78, 5) is 38.4. The average molecular weight is 322 g/mol. The molecule has 1 heterocycles. The van der Waals surface area contributed by atoms with Crippen molar-refractivity contribution in [3.8, 4) is 0 Å². The Kier molecular flexibility index (Phi) is 3.93. The Morgan fingerprint density at radius 1 is 1.00 bits per heavy atom. The molecular formula is C19H18N2O3. The number of nitrogens with one attached hydrogen (secondary N) is 1. The Morgan fingerprint density at radius 3 is 2.08 bits per heavy atom. The third kappa shape index (κ3) is 2.58. The van der Waals surface area contributed by atoms with E-state index in [-0.39, 0.29) is 23.8 Å². The van der Waals surface area contributed by atoms with Gasteiger partial charge < -0.3 is 5.32 Å². The van der Waals surface area contributed by atoms with Crippen LogP contribution < -0.4 is 10.2 Å². The average Bonchev–Trinajstić information content (AvgIpc) is 2.79. The van der Waals surface area contributed by atoms with E-state index in [4.69, 9.17) is 0 Å². The third-order valence-corrected chi connectivity index (χ3v) is 3.91. The number of rotatable bonds is 3. The van der Waals surface area contributed by atoms with Gasteiger partial charge in [-0.15, -0.1) is 0 Å². The normalized spacial score (nSPS) is 13.4. The molecule has 0 unspecified atom stereocenters. The summed E-state index contributed by atoms with van der Waals surface area (Å²) in [7, 11) is 0. The Morgan fingerprint density at radius 2 is 1.58 bits per heavy atom. The number of imide groups is 1. The van der Waals surface area contributed by atoms with E-state index in [1.165, 1.54) is 4.90 Å². The van der Waals surface area contributed by atoms with Crippen molar-refractivity contribution in [2.45, 2.75) is 26.8 Å². The first-order chi connectivity index (χ1) is 11.4. The fourth-order valence-electron chi connectivity index (χ4n) is 2.80. The Labute approximate surface area is 140 Å². The van der Waals surface area contributed by atoms with Crippen LogP contribution in [-0.2, 0) is 0 Å². The molecule has 5 nitrogen and oxygen atoms in total. The fourth-order valence-corrected chi connectivity index (χ4v) is 2.80. The summed E-state index contributed by atoms with van der Waals surface area (Å²) < 4.78 is 0. The molecule has 0 radical (unpaired) electrons. The lowest BCUT2D eigenvalue weighted by atomic mass is 10.1. The molecule has 2 aromatic rings. The molecule has 0 atom stereocenters. The van der Waals surface area contributed by atoms with Crippen molar-refractivity contribution in [2.24, 2.45) is 0 Å². The summed E-state index contributed by atoms with van der Waals surface area (Å²) in [5, 5.41) is 2.82. The van der Waals surface area contributed by atoms with E-state index in [1.54, 1.807) is 49.4 Å². The molecule has 0 aromatic heterocycles. The summed E-state index contributed by atoms with van der Waals surface area (Å²) in [6.07, 6.45) is 0. The number of nitrogens with zero attached hydrogens (tertiary/aromatic N) is 1. The molecule has 1 aliphatic heterocycles. The van der Waals surface area contributed by atoms with Gasteiger partial charge in [0.15, 0.2) is 0 Å². The number of aryl methyl sites for hydroxylation is 1. The molecule has 0 saturated carbocycles. The molecule has 0 fully saturated rings. The van der Waals surface area contributed by atoms with E-state index < -0.39 is 0 Å². The standard InChI is InChI=1S/C19H18N2O3/c1-11(2)20-17(22)13-8-9-16(12(3)10-13)21-18(23)14-6-4-5-7-15(14)19(21)24/h4-11H,1-3H3,(H,20,22). The monoisotopic (exact) mass is 322 g/mol. The second kappa shape index (κ2) is 5.92. The highest BCUT2D eigenvalue weighted by atomic mass is 16.2. The van der Waals surface area contributed by atoms with Crippen LogP contribution in [0, 0.1) is 6.92 Å². The van der Waals surface area contributed by atoms with Gasteiger partial charge in [0.25, 0.3) is 17.7 Å². The van der Waals surface area contributed by atoms with Gasteiger partial charge in [-0.3, -0.25) is 14.4 Å². The van der Waals surface area contributed by atoms with Crippen LogP contribution in [0.15, 0.2) is 42.5 Å². The van der Waals surface area contributed by atoms with Crippen LogP contribution in [-0.4, -0.2) is 23.8 Å². The van der Waals surface area contributed by atoms with E-state index in [1.807, 2.05) is 13.8 Å². The molecule has 24 heavy (non-hydrogen) atoms. The molecule has 1 aliphatic rings. The van der Waals surface area contributed by atoms with Crippen LogP contribution in [0.4, 0.5) is 5.69 Å². The second-order valence-corrected chi connectivity index (χ2v) is 6.12. The molecule has 3 rings (SSSR count). The first-order valence-corrected chi connectivity index (χ1v) is 7.79. The van der Waals surface area contributed by atoms with Gasteiger partial charge >= 0.3 is 0 Å². The minimum Gasteiger partial charge on any atom is -0.350 e. The fraction of sp³-hybridized carbons (Fsp3) is 0.211. The quantitative estimate of drug-likeness (QED) is 0.884. The molecular weight excluding hydrogens is 304 g/mol. The van der Waals surface area contributed by atoms with Crippen molar-refractivity contribution in [3.63, 3.8) is 0 Å². The predicted molar refractivity (Wildman–Crippen MR) is 91.4 cm³/mol. The van der Waals surface area contributed by atoms with Gasteiger partial charge in [0, 0.05) is 11.6 Å². The highest BCUT2D eigenvalue weighted by molar-refractivity contribution is 6.34. The van der Waals surface area contributed by atoms with Gasteiger partial charge in [-0.1, -0.05) is 12.1 Å². The smallest absolute Gasteiger partial charge is 0.266 e. The van der Waals surface area contributed by atoms with Crippen LogP contribution in [0.3, 0.4) is 0 Å². The first kappa shape index (κ1) is 15.9. The largest absolute Gasteiger partial charge is 0.350 e. The van der Waals surface area contributed by atoms with E-state index in [2.05, 4.69) is 5.32 Å². The zero-order valence-corrected chi connectivity index (χ0v) is 13.8. The molecule has 0 bridgehead atoms. The molecule has 0 aliphatic carbocycles. The molecule has 1 N–H and O–H groups in total. The number of carbonyl (C=O) groups is 3. The molecule has 3 amide bonds. The zero-order chi connectivity index (χ0) is 17.4. The number of anilines is 1. The predicted octanol–water partition coefficient (Wildman–Crippen LogP) is 2.93.